The number of ether oxygens (including phenoxy) is 1. The molecule has 0 bridgehead atoms. The van der Waals surface area contributed by atoms with Crippen LogP contribution >= 0.6 is 0 Å². The number of aromatic nitrogens is 2. The minimum absolute atomic E-state index is 0.0108. The molecular formula is C31H32N4O3. The number of aromatic amines is 1. The first-order valence-corrected chi connectivity index (χ1v) is 12.8. The Balaban J connectivity index is 1.57. The summed E-state index contributed by atoms with van der Waals surface area (Å²) in [5.41, 5.74) is 7.83. The predicted octanol–water partition coefficient (Wildman–Crippen LogP) is 5.18. The van der Waals surface area contributed by atoms with Crippen LogP contribution in [0.4, 0.5) is 5.69 Å². The van der Waals surface area contributed by atoms with Gasteiger partial charge < -0.3 is 19.5 Å². The van der Waals surface area contributed by atoms with Crippen molar-refractivity contribution in [2.45, 2.75) is 20.3 Å². The van der Waals surface area contributed by atoms with Gasteiger partial charge in [0.1, 0.15) is 11.4 Å². The van der Waals surface area contributed by atoms with Crippen LogP contribution in [0.15, 0.2) is 67.4 Å². The molecule has 4 aromatic rings. The molecular weight excluding hydrogens is 476 g/mol. The molecule has 1 fully saturated rings. The van der Waals surface area contributed by atoms with Crippen LogP contribution in [-0.2, 0) is 16.0 Å². The molecule has 1 aliphatic rings. The van der Waals surface area contributed by atoms with Crippen molar-refractivity contribution in [1.82, 2.24) is 14.9 Å². The van der Waals surface area contributed by atoms with Crippen LogP contribution in [0.1, 0.15) is 18.1 Å². The summed E-state index contributed by atoms with van der Waals surface area (Å²) in [6.07, 6.45) is 3.41. The maximum absolute atomic E-state index is 12.2. The van der Waals surface area contributed by atoms with Gasteiger partial charge in [0.15, 0.2) is 5.78 Å². The number of H-pyrrole nitrogens is 1. The summed E-state index contributed by atoms with van der Waals surface area (Å²) in [6, 6.07) is 16.6. The summed E-state index contributed by atoms with van der Waals surface area (Å²) >= 11 is 0. The second-order valence-corrected chi connectivity index (χ2v) is 9.64. The number of aryl methyl sites for hydroxylation is 1. The van der Waals surface area contributed by atoms with Gasteiger partial charge in [0.25, 0.3) is 0 Å². The molecule has 1 N–H and O–H groups in total. The first kappa shape index (κ1) is 25.3. The average Bonchev–Trinajstić information content (AvgIpc) is 3.34. The van der Waals surface area contributed by atoms with Crippen LogP contribution in [-0.4, -0.2) is 59.8 Å². The minimum atomic E-state index is -0.0108. The molecule has 0 unspecified atom stereocenters. The van der Waals surface area contributed by atoms with E-state index in [-0.39, 0.29) is 11.7 Å². The van der Waals surface area contributed by atoms with Crippen molar-refractivity contribution in [3.05, 3.63) is 78.5 Å². The van der Waals surface area contributed by atoms with E-state index in [0.29, 0.717) is 6.42 Å². The Hall–Kier alpha value is -4.39. The molecule has 0 saturated carbocycles. The summed E-state index contributed by atoms with van der Waals surface area (Å²) < 4.78 is 5.74. The monoisotopic (exact) mass is 508 g/mol. The highest BCUT2D eigenvalue weighted by Crippen LogP contribution is 2.42. The normalized spacial score (nSPS) is 13.6. The minimum Gasteiger partial charge on any atom is -0.496 e. The summed E-state index contributed by atoms with van der Waals surface area (Å²) in [5, 5.41) is 0.902. The zero-order valence-electron chi connectivity index (χ0n) is 22.1. The second-order valence-electron chi connectivity index (χ2n) is 9.64. The Labute approximate surface area is 222 Å². The molecule has 7 nitrogen and oxygen atoms in total. The Bertz CT molecular complexity index is 1510. The number of methoxy groups -OCH3 is 1. The third-order valence-electron chi connectivity index (χ3n) is 7.35. The lowest BCUT2D eigenvalue weighted by atomic mass is 9.93. The Morgan fingerprint density at radius 3 is 2.42 bits per heavy atom. The number of pyridine rings is 1. The van der Waals surface area contributed by atoms with Crippen molar-refractivity contribution in [2.24, 2.45) is 0 Å². The van der Waals surface area contributed by atoms with Gasteiger partial charge in [0, 0.05) is 57.0 Å². The van der Waals surface area contributed by atoms with Crippen molar-refractivity contribution >= 4 is 28.4 Å². The van der Waals surface area contributed by atoms with Crippen LogP contribution in [0.2, 0.25) is 0 Å². The van der Waals surface area contributed by atoms with Crippen molar-refractivity contribution < 1.29 is 14.3 Å². The standard InChI is InChI=1S/C31H32N4O3/c1-5-26(37)19-24-18-23(7-6-20(24)2)28-29-27(38-4)12-13-32-31(29)33-30(28)22-8-10-25(11-9-22)35-16-14-34(15-17-35)21(3)36/h5-13,18H,1,14-17,19H2,2-4H3,(H,32,33). The van der Waals surface area contributed by atoms with Gasteiger partial charge in [-0.05, 0) is 53.5 Å². The first-order chi connectivity index (χ1) is 18.4. The molecule has 0 atom stereocenters. The van der Waals surface area contributed by atoms with Crippen molar-refractivity contribution in [3.63, 3.8) is 0 Å². The van der Waals surface area contributed by atoms with Gasteiger partial charge in [-0.25, -0.2) is 4.98 Å². The van der Waals surface area contributed by atoms with E-state index < -0.39 is 0 Å². The van der Waals surface area contributed by atoms with Gasteiger partial charge in [0.2, 0.25) is 5.91 Å². The third kappa shape index (κ3) is 4.79. The van der Waals surface area contributed by atoms with Gasteiger partial charge in [0.05, 0.1) is 18.2 Å². The van der Waals surface area contributed by atoms with Crippen LogP contribution in [0.5, 0.6) is 5.75 Å². The zero-order chi connectivity index (χ0) is 26.8. The van der Waals surface area contributed by atoms with E-state index in [1.54, 1.807) is 20.2 Å². The topological polar surface area (TPSA) is 78.5 Å². The fourth-order valence-electron chi connectivity index (χ4n) is 5.16. The summed E-state index contributed by atoms with van der Waals surface area (Å²) in [6.45, 7) is 10.4. The van der Waals surface area contributed by atoms with Crippen molar-refractivity contribution in [1.29, 1.82) is 0 Å². The summed E-state index contributed by atoms with van der Waals surface area (Å²) in [5.74, 6) is 0.851. The summed E-state index contributed by atoms with van der Waals surface area (Å²) in [4.78, 5) is 36.2. The quantitative estimate of drug-likeness (QED) is 0.348. The fraction of sp³-hybridized carbons (Fsp3) is 0.258. The zero-order valence-corrected chi connectivity index (χ0v) is 22.1. The molecule has 1 saturated heterocycles. The highest BCUT2D eigenvalue weighted by Gasteiger charge is 2.22. The number of hydrogen-bond donors (Lipinski definition) is 1. The Kier molecular flexibility index (Phi) is 7.01. The molecule has 2 aromatic carbocycles. The lowest BCUT2D eigenvalue weighted by Crippen LogP contribution is -2.48. The number of fused-ring (bicyclic) bond motifs is 1. The van der Waals surface area contributed by atoms with E-state index in [1.165, 1.54) is 6.08 Å². The lowest BCUT2D eigenvalue weighted by molar-refractivity contribution is -0.129. The molecule has 5 rings (SSSR count). The third-order valence-corrected chi connectivity index (χ3v) is 7.35. The van der Waals surface area contributed by atoms with Crippen LogP contribution < -0.4 is 9.64 Å². The largest absolute Gasteiger partial charge is 0.496 e. The van der Waals surface area contributed by atoms with Gasteiger partial charge in [-0.2, -0.15) is 0 Å². The van der Waals surface area contributed by atoms with E-state index in [1.807, 2.05) is 17.9 Å². The number of benzene rings is 2. The first-order valence-electron chi connectivity index (χ1n) is 12.8. The molecule has 3 heterocycles. The Morgan fingerprint density at radius 2 is 1.76 bits per heavy atom. The number of hydrogen-bond acceptors (Lipinski definition) is 5. The maximum atomic E-state index is 12.2. The number of carbonyl (C=O) groups is 2. The molecule has 194 valence electrons. The van der Waals surface area contributed by atoms with Crippen molar-refractivity contribution in [2.75, 3.05) is 38.2 Å². The van der Waals surface area contributed by atoms with Crippen molar-refractivity contribution in [3.8, 4) is 28.1 Å². The second kappa shape index (κ2) is 10.5. The highest BCUT2D eigenvalue weighted by molar-refractivity contribution is 6.06. The number of ketones is 1. The average molecular weight is 509 g/mol. The molecule has 7 heteroatoms. The van der Waals surface area contributed by atoms with Crippen LogP contribution in [0, 0.1) is 6.92 Å². The van der Waals surface area contributed by atoms with E-state index in [0.717, 1.165) is 82.2 Å². The number of carbonyl (C=O) groups excluding carboxylic acids is 2. The molecule has 0 radical (unpaired) electrons. The molecule has 2 aromatic heterocycles. The van der Waals surface area contributed by atoms with Crippen LogP contribution in [0.25, 0.3) is 33.4 Å². The Morgan fingerprint density at radius 1 is 1.05 bits per heavy atom. The number of allylic oxidation sites excluding steroid dienone is 1. The van der Waals surface area contributed by atoms with E-state index in [4.69, 9.17) is 4.74 Å². The van der Waals surface area contributed by atoms with Crippen LogP contribution in [0.3, 0.4) is 0 Å². The molecule has 0 spiro atoms. The number of amides is 1. The predicted molar refractivity (Wildman–Crippen MR) is 152 cm³/mol. The van der Waals surface area contributed by atoms with E-state index in [2.05, 4.69) is 63.9 Å². The summed E-state index contributed by atoms with van der Waals surface area (Å²) in [7, 11) is 1.66. The SMILES string of the molecule is C=CC(=O)Cc1cc(-c2c(-c3ccc(N4CCN(C(C)=O)CC4)cc3)[nH]c3nccc(OC)c23)ccc1C. The van der Waals surface area contributed by atoms with E-state index >= 15 is 0 Å². The lowest BCUT2D eigenvalue weighted by Gasteiger charge is -2.35. The van der Waals surface area contributed by atoms with Gasteiger partial charge >= 0.3 is 0 Å². The molecule has 1 amide bonds. The van der Waals surface area contributed by atoms with Gasteiger partial charge in [-0.15, -0.1) is 0 Å². The fourth-order valence-corrected chi connectivity index (χ4v) is 5.16. The number of nitrogens with zero attached hydrogens (tertiary/aromatic N) is 3. The smallest absolute Gasteiger partial charge is 0.219 e. The van der Waals surface area contributed by atoms with Gasteiger partial charge in [-0.1, -0.05) is 36.9 Å². The number of nitrogens with one attached hydrogen (secondary N) is 1. The van der Waals surface area contributed by atoms with Gasteiger partial charge in [-0.3, -0.25) is 9.59 Å². The number of piperazine rings is 1. The molecule has 1 aliphatic heterocycles. The maximum Gasteiger partial charge on any atom is 0.219 e. The number of rotatable bonds is 7. The molecule has 0 aliphatic carbocycles. The molecule has 38 heavy (non-hydrogen) atoms. The highest BCUT2D eigenvalue weighted by atomic mass is 16.5. The number of anilines is 1. The van der Waals surface area contributed by atoms with E-state index in [9.17, 15) is 9.59 Å².